The summed E-state index contributed by atoms with van der Waals surface area (Å²) in [7, 11) is 0. The quantitative estimate of drug-likeness (QED) is 0.790. The molecule has 17 heavy (non-hydrogen) atoms. The van der Waals surface area contributed by atoms with Gasteiger partial charge in [-0.1, -0.05) is 13.8 Å². The minimum atomic E-state index is -0.767. The number of carbonyl (C=O) groups is 1. The molecule has 1 rings (SSSR count). The van der Waals surface area contributed by atoms with Gasteiger partial charge in [0.1, 0.15) is 11.6 Å². The summed E-state index contributed by atoms with van der Waals surface area (Å²) in [5.41, 5.74) is 0. The van der Waals surface area contributed by atoms with Crippen molar-refractivity contribution in [1.29, 1.82) is 0 Å². The Morgan fingerprint density at radius 1 is 1.53 bits per heavy atom. The second-order valence-electron chi connectivity index (χ2n) is 4.53. The molecule has 2 N–H and O–H groups in total. The van der Waals surface area contributed by atoms with E-state index >= 15 is 0 Å². The molecule has 0 aliphatic carbocycles. The van der Waals surface area contributed by atoms with Crippen LogP contribution in [0.4, 0.5) is 5.82 Å². The standard InChI is InChI=1S/C12H19N3O2/c1-8(2)6-10(12(16)17)7-14-11-4-5-13-9(3)15-11/h4-5,8,10H,6-7H2,1-3H3,(H,16,17)(H,13,14,15). The number of anilines is 1. The minimum absolute atomic E-state index is 0.366. The molecule has 0 saturated heterocycles. The van der Waals surface area contributed by atoms with Gasteiger partial charge in [-0.2, -0.15) is 0 Å². The lowest BCUT2D eigenvalue weighted by Crippen LogP contribution is -2.24. The molecule has 1 atom stereocenters. The molecule has 0 saturated carbocycles. The molecule has 1 unspecified atom stereocenters. The predicted molar refractivity (Wildman–Crippen MR) is 65.8 cm³/mol. The zero-order chi connectivity index (χ0) is 12.8. The topological polar surface area (TPSA) is 75.1 Å². The first kappa shape index (κ1) is 13.4. The number of nitrogens with one attached hydrogen (secondary N) is 1. The fourth-order valence-electron chi connectivity index (χ4n) is 1.62. The van der Waals surface area contributed by atoms with E-state index in [2.05, 4.69) is 15.3 Å². The number of hydrogen-bond donors (Lipinski definition) is 2. The Labute approximate surface area is 101 Å². The molecule has 0 aliphatic heterocycles. The van der Waals surface area contributed by atoms with Crippen LogP contribution in [0.2, 0.25) is 0 Å². The average Bonchev–Trinajstić information content (AvgIpc) is 2.23. The van der Waals surface area contributed by atoms with Gasteiger partial charge in [0.15, 0.2) is 0 Å². The van der Waals surface area contributed by atoms with Gasteiger partial charge in [0.25, 0.3) is 0 Å². The fourth-order valence-corrected chi connectivity index (χ4v) is 1.62. The van der Waals surface area contributed by atoms with E-state index < -0.39 is 5.97 Å². The number of rotatable bonds is 6. The van der Waals surface area contributed by atoms with Crippen LogP contribution in [0.1, 0.15) is 26.1 Å². The maximum Gasteiger partial charge on any atom is 0.308 e. The van der Waals surface area contributed by atoms with E-state index in [1.165, 1.54) is 0 Å². The van der Waals surface area contributed by atoms with Gasteiger partial charge in [-0.05, 0) is 25.3 Å². The summed E-state index contributed by atoms with van der Waals surface area (Å²) in [5.74, 6) is 0.561. The summed E-state index contributed by atoms with van der Waals surface area (Å²) in [6.07, 6.45) is 2.31. The molecule has 1 aromatic rings. The Morgan fingerprint density at radius 3 is 2.76 bits per heavy atom. The molecular weight excluding hydrogens is 218 g/mol. The Morgan fingerprint density at radius 2 is 2.24 bits per heavy atom. The number of carboxylic acids is 1. The van der Waals surface area contributed by atoms with E-state index in [1.54, 1.807) is 19.2 Å². The van der Waals surface area contributed by atoms with Crippen LogP contribution in [0.25, 0.3) is 0 Å². The van der Waals surface area contributed by atoms with Gasteiger partial charge >= 0.3 is 5.97 Å². The second kappa shape index (κ2) is 6.18. The molecule has 5 heteroatoms. The third-order valence-corrected chi connectivity index (χ3v) is 2.41. The molecule has 0 spiro atoms. The predicted octanol–water partition coefficient (Wildman–Crippen LogP) is 1.94. The normalized spacial score (nSPS) is 12.5. The molecule has 0 aromatic carbocycles. The van der Waals surface area contributed by atoms with Crippen molar-refractivity contribution in [3.8, 4) is 0 Å². The van der Waals surface area contributed by atoms with E-state index in [0.717, 1.165) is 0 Å². The number of aromatic nitrogens is 2. The van der Waals surface area contributed by atoms with E-state index in [1.807, 2.05) is 13.8 Å². The van der Waals surface area contributed by atoms with Gasteiger partial charge in [0.2, 0.25) is 0 Å². The van der Waals surface area contributed by atoms with Gasteiger partial charge in [-0.15, -0.1) is 0 Å². The highest BCUT2D eigenvalue weighted by atomic mass is 16.4. The van der Waals surface area contributed by atoms with Gasteiger partial charge < -0.3 is 10.4 Å². The summed E-state index contributed by atoms with van der Waals surface area (Å²) in [5, 5.41) is 12.1. The summed E-state index contributed by atoms with van der Waals surface area (Å²) < 4.78 is 0. The molecule has 1 aromatic heterocycles. The molecule has 0 radical (unpaired) electrons. The highest BCUT2D eigenvalue weighted by Gasteiger charge is 2.18. The van der Waals surface area contributed by atoms with Gasteiger partial charge in [0, 0.05) is 12.7 Å². The second-order valence-corrected chi connectivity index (χ2v) is 4.53. The SMILES string of the molecule is Cc1nccc(NCC(CC(C)C)C(=O)O)n1. The largest absolute Gasteiger partial charge is 0.481 e. The third-order valence-electron chi connectivity index (χ3n) is 2.41. The lowest BCUT2D eigenvalue weighted by molar-refractivity contribution is -0.141. The minimum Gasteiger partial charge on any atom is -0.481 e. The molecule has 0 bridgehead atoms. The molecule has 1 heterocycles. The summed E-state index contributed by atoms with van der Waals surface area (Å²) in [6, 6.07) is 1.74. The van der Waals surface area contributed by atoms with Crippen molar-refractivity contribution >= 4 is 11.8 Å². The van der Waals surface area contributed by atoms with Crippen LogP contribution >= 0.6 is 0 Å². The number of aryl methyl sites for hydroxylation is 1. The highest BCUT2D eigenvalue weighted by molar-refractivity contribution is 5.70. The van der Waals surface area contributed by atoms with Crippen molar-refractivity contribution in [2.75, 3.05) is 11.9 Å². The zero-order valence-corrected chi connectivity index (χ0v) is 10.5. The van der Waals surface area contributed by atoms with Crippen LogP contribution in [-0.2, 0) is 4.79 Å². The van der Waals surface area contributed by atoms with Crippen molar-refractivity contribution < 1.29 is 9.90 Å². The number of hydrogen-bond acceptors (Lipinski definition) is 4. The first-order valence-electron chi connectivity index (χ1n) is 5.75. The third kappa shape index (κ3) is 4.80. The fraction of sp³-hybridized carbons (Fsp3) is 0.583. The van der Waals surface area contributed by atoms with Crippen molar-refractivity contribution in [2.45, 2.75) is 27.2 Å². The smallest absolute Gasteiger partial charge is 0.308 e. The lowest BCUT2D eigenvalue weighted by Gasteiger charge is -2.15. The maximum atomic E-state index is 11.1. The van der Waals surface area contributed by atoms with Gasteiger partial charge in [-0.25, -0.2) is 9.97 Å². The van der Waals surface area contributed by atoms with Gasteiger partial charge in [-0.3, -0.25) is 4.79 Å². The van der Waals surface area contributed by atoms with Crippen molar-refractivity contribution in [3.05, 3.63) is 18.1 Å². The van der Waals surface area contributed by atoms with Crippen LogP contribution in [0, 0.1) is 18.8 Å². The number of nitrogens with zero attached hydrogens (tertiary/aromatic N) is 2. The molecule has 0 fully saturated rings. The first-order valence-corrected chi connectivity index (χ1v) is 5.75. The van der Waals surface area contributed by atoms with Crippen molar-refractivity contribution in [1.82, 2.24) is 9.97 Å². The van der Waals surface area contributed by atoms with Crippen LogP contribution in [-0.4, -0.2) is 27.6 Å². The van der Waals surface area contributed by atoms with E-state index in [9.17, 15) is 4.79 Å². The molecule has 0 aliphatic rings. The Balaban J connectivity index is 2.54. The van der Waals surface area contributed by atoms with Crippen LogP contribution in [0.5, 0.6) is 0 Å². The monoisotopic (exact) mass is 237 g/mol. The molecule has 5 nitrogen and oxygen atoms in total. The summed E-state index contributed by atoms with van der Waals surface area (Å²) >= 11 is 0. The lowest BCUT2D eigenvalue weighted by atomic mass is 9.97. The van der Waals surface area contributed by atoms with E-state index in [0.29, 0.717) is 30.5 Å². The average molecular weight is 237 g/mol. The van der Waals surface area contributed by atoms with Crippen LogP contribution in [0.3, 0.4) is 0 Å². The summed E-state index contributed by atoms with van der Waals surface area (Å²) in [6.45, 7) is 6.23. The van der Waals surface area contributed by atoms with Crippen LogP contribution < -0.4 is 5.32 Å². The Bertz CT molecular complexity index is 380. The Kier molecular flexibility index (Phi) is 4.87. The molecule has 94 valence electrons. The van der Waals surface area contributed by atoms with Gasteiger partial charge in [0.05, 0.1) is 5.92 Å². The van der Waals surface area contributed by atoms with E-state index in [-0.39, 0.29) is 5.92 Å². The first-order chi connectivity index (χ1) is 7.99. The highest BCUT2D eigenvalue weighted by Crippen LogP contribution is 2.13. The number of carboxylic acid groups (broad SMARTS) is 1. The molecular formula is C12H19N3O2. The zero-order valence-electron chi connectivity index (χ0n) is 10.5. The Hall–Kier alpha value is -1.65. The maximum absolute atomic E-state index is 11.1. The van der Waals surface area contributed by atoms with E-state index in [4.69, 9.17) is 5.11 Å². The molecule has 0 amide bonds. The number of aliphatic carboxylic acids is 1. The summed E-state index contributed by atoms with van der Waals surface area (Å²) in [4.78, 5) is 19.2. The van der Waals surface area contributed by atoms with Crippen LogP contribution in [0.15, 0.2) is 12.3 Å². The van der Waals surface area contributed by atoms with Crippen molar-refractivity contribution in [3.63, 3.8) is 0 Å². The van der Waals surface area contributed by atoms with Crippen molar-refractivity contribution in [2.24, 2.45) is 11.8 Å².